The molecule has 0 aromatic heterocycles. The van der Waals surface area contributed by atoms with Crippen LogP contribution in [0, 0.1) is 5.92 Å². The second-order valence-electron chi connectivity index (χ2n) is 1.71. The Labute approximate surface area is 68.8 Å². The van der Waals surface area contributed by atoms with E-state index in [1.807, 2.05) is 0 Å². The lowest BCUT2D eigenvalue weighted by molar-refractivity contribution is -0.118. The third kappa shape index (κ3) is 3.64. The zero-order valence-electron chi connectivity index (χ0n) is 5.14. The molecule has 1 atom stereocenters. The number of hydrogen-bond acceptors (Lipinski definition) is 2. The van der Waals surface area contributed by atoms with Gasteiger partial charge in [-0.1, -0.05) is 6.08 Å². The molecule has 0 amide bonds. The number of carbonyl (C=O) groups is 2. The highest BCUT2D eigenvalue weighted by Gasteiger charge is 2.14. The van der Waals surface area contributed by atoms with Crippen LogP contribution in [0.3, 0.4) is 0 Å². The number of allylic oxidation sites excluding steroid dienone is 1. The van der Waals surface area contributed by atoms with Crippen molar-refractivity contribution in [1.82, 2.24) is 0 Å². The van der Waals surface area contributed by atoms with E-state index in [-0.39, 0.29) is 6.42 Å². The molecule has 0 aliphatic heterocycles. The molecule has 10 heavy (non-hydrogen) atoms. The lowest BCUT2D eigenvalue weighted by Gasteiger charge is -2.00. The summed E-state index contributed by atoms with van der Waals surface area (Å²) >= 11 is 10.1. The van der Waals surface area contributed by atoms with Crippen molar-refractivity contribution in [1.29, 1.82) is 0 Å². The predicted octanol–water partition coefficient (Wildman–Crippen LogP) is 1.71. The zero-order valence-corrected chi connectivity index (χ0v) is 6.65. The first kappa shape index (κ1) is 9.66. The summed E-state index contributed by atoms with van der Waals surface area (Å²) in [5, 5.41) is -1.19. The van der Waals surface area contributed by atoms with Crippen molar-refractivity contribution < 1.29 is 9.59 Å². The van der Waals surface area contributed by atoms with Gasteiger partial charge in [-0.15, -0.1) is 6.58 Å². The van der Waals surface area contributed by atoms with Crippen molar-refractivity contribution in [3.8, 4) is 0 Å². The van der Waals surface area contributed by atoms with Gasteiger partial charge in [0.25, 0.3) is 0 Å². The molecule has 0 spiro atoms. The molecule has 0 N–H and O–H groups in total. The number of hydrogen-bond donors (Lipinski definition) is 0. The van der Waals surface area contributed by atoms with Gasteiger partial charge in [0.15, 0.2) is 0 Å². The summed E-state index contributed by atoms with van der Waals surface area (Å²) in [5.74, 6) is -0.647. The first-order valence-electron chi connectivity index (χ1n) is 2.58. The molecular formula is C6H6Cl2O2. The van der Waals surface area contributed by atoms with Gasteiger partial charge in [0.1, 0.15) is 0 Å². The summed E-state index contributed by atoms with van der Waals surface area (Å²) in [6.45, 7) is 3.32. The molecule has 1 unspecified atom stereocenters. The molecule has 0 heterocycles. The van der Waals surface area contributed by atoms with Crippen LogP contribution in [0.1, 0.15) is 6.42 Å². The maximum absolute atomic E-state index is 10.4. The van der Waals surface area contributed by atoms with E-state index in [9.17, 15) is 9.59 Å². The van der Waals surface area contributed by atoms with Crippen molar-refractivity contribution in [3.05, 3.63) is 12.7 Å². The van der Waals surface area contributed by atoms with E-state index >= 15 is 0 Å². The van der Waals surface area contributed by atoms with Crippen LogP contribution in [0.25, 0.3) is 0 Å². The molecule has 0 saturated heterocycles. The lowest BCUT2D eigenvalue weighted by atomic mass is 10.1. The smallest absolute Gasteiger partial charge is 0.228 e. The number of rotatable bonds is 4. The van der Waals surface area contributed by atoms with Gasteiger partial charge in [0.05, 0.1) is 5.92 Å². The van der Waals surface area contributed by atoms with E-state index in [2.05, 4.69) is 6.58 Å². The van der Waals surface area contributed by atoms with Gasteiger partial charge in [0, 0.05) is 6.42 Å². The Hall–Kier alpha value is -0.340. The van der Waals surface area contributed by atoms with E-state index in [1.165, 1.54) is 6.08 Å². The quantitative estimate of drug-likeness (QED) is 0.488. The van der Waals surface area contributed by atoms with Crippen LogP contribution in [0.15, 0.2) is 12.7 Å². The van der Waals surface area contributed by atoms with Crippen LogP contribution in [-0.2, 0) is 9.59 Å². The minimum Gasteiger partial charge on any atom is -0.281 e. The van der Waals surface area contributed by atoms with Crippen LogP contribution in [-0.4, -0.2) is 10.5 Å². The topological polar surface area (TPSA) is 34.1 Å². The highest BCUT2D eigenvalue weighted by molar-refractivity contribution is 6.66. The molecule has 0 saturated carbocycles. The Morgan fingerprint density at radius 2 is 2.00 bits per heavy atom. The van der Waals surface area contributed by atoms with E-state index < -0.39 is 16.4 Å². The Bertz CT molecular complexity index is 165. The Morgan fingerprint density at radius 3 is 2.10 bits per heavy atom. The molecule has 0 aliphatic rings. The van der Waals surface area contributed by atoms with Crippen LogP contribution >= 0.6 is 23.2 Å². The molecule has 2 nitrogen and oxygen atoms in total. The van der Waals surface area contributed by atoms with Crippen molar-refractivity contribution in [2.75, 3.05) is 0 Å². The maximum Gasteiger partial charge on any atom is 0.228 e. The van der Waals surface area contributed by atoms with Gasteiger partial charge >= 0.3 is 0 Å². The molecular weight excluding hydrogens is 175 g/mol. The van der Waals surface area contributed by atoms with Gasteiger partial charge in [-0.25, -0.2) is 0 Å². The van der Waals surface area contributed by atoms with Crippen molar-refractivity contribution >= 4 is 33.7 Å². The molecule has 0 aliphatic carbocycles. The Kier molecular flexibility index (Phi) is 4.32. The third-order valence-corrected chi connectivity index (χ3v) is 1.39. The standard InChI is InChI=1S/C6H6Cl2O2/c1-2-4(6(8)10)3-5(7)9/h2,4H,1,3H2. The van der Waals surface area contributed by atoms with Crippen molar-refractivity contribution in [3.63, 3.8) is 0 Å². The van der Waals surface area contributed by atoms with Gasteiger partial charge in [0.2, 0.25) is 10.5 Å². The van der Waals surface area contributed by atoms with Gasteiger partial charge in [-0.05, 0) is 23.2 Å². The van der Waals surface area contributed by atoms with E-state index in [0.29, 0.717) is 0 Å². The molecule has 4 heteroatoms. The van der Waals surface area contributed by atoms with Crippen LogP contribution < -0.4 is 0 Å². The van der Waals surface area contributed by atoms with E-state index in [0.717, 1.165) is 0 Å². The molecule has 56 valence electrons. The fraction of sp³-hybridized carbons (Fsp3) is 0.333. The highest BCUT2D eigenvalue weighted by atomic mass is 35.5. The van der Waals surface area contributed by atoms with Crippen LogP contribution in [0.4, 0.5) is 0 Å². The molecule has 0 radical (unpaired) electrons. The second-order valence-corrected chi connectivity index (χ2v) is 2.50. The SMILES string of the molecule is C=CC(CC(=O)Cl)C(=O)Cl. The predicted molar refractivity (Wildman–Crippen MR) is 40.0 cm³/mol. The van der Waals surface area contributed by atoms with Gasteiger partial charge < -0.3 is 0 Å². The highest BCUT2D eigenvalue weighted by Crippen LogP contribution is 2.10. The van der Waals surface area contributed by atoms with Gasteiger partial charge in [-0.2, -0.15) is 0 Å². The fourth-order valence-corrected chi connectivity index (χ4v) is 0.762. The minimum atomic E-state index is -0.647. The molecule has 0 aromatic carbocycles. The van der Waals surface area contributed by atoms with E-state index in [1.54, 1.807) is 0 Å². The first-order chi connectivity index (χ1) is 4.57. The van der Waals surface area contributed by atoms with Crippen molar-refractivity contribution in [2.24, 2.45) is 5.92 Å². The van der Waals surface area contributed by atoms with Gasteiger partial charge in [-0.3, -0.25) is 9.59 Å². The first-order valence-corrected chi connectivity index (χ1v) is 3.33. The molecule has 0 aromatic rings. The Balaban J connectivity index is 3.96. The summed E-state index contributed by atoms with van der Waals surface area (Å²) in [7, 11) is 0. The van der Waals surface area contributed by atoms with Crippen LogP contribution in [0.2, 0.25) is 0 Å². The molecule has 0 fully saturated rings. The Morgan fingerprint density at radius 1 is 1.50 bits per heavy atom. The molecule has 0 rings (SSSR count). The number of halogens is 2. The van der Waals surface area contributed by atoms with Crippen molar-refractivity contribution in [2.45, 2.75) is 6.42 Å². The third-order valence-electron chi connectivity index (χ3n) is 0.956. The fourth-order valence-electron chi connectivity index (χ4n) is 0.429. The van der Waals surface area contributed by atoms with Crippen LogP contribution in [0.5, 0.6) is 0 Å². The average Bonchev–Trinajstić information content (AvgIpc) is 1.81. The molecule has 0 bridgehead atoms. The summed E-state index contributed by atoms with van der Waals surface area (Å²) in [5.41, 5.74) is 0. The summed E-state index contributed by atoms with van der Waals surface area (Å²) in [4.78, 5) is 20.6. The lowest BCUT2D eigenvalue weighted by Crippen LogP contribution is -2.08. The summed E-state index contributed by atoms with van der Waals surface area (Å²) in [6, 6.07) is 0. The summed E-state index contributed by atoms with van der Waals surface area (Å²) in [6.07, 6.45) is 1.23. The maximum atomic E-state index is 10.4. The largest absolute Gasteiger partial charge is 0.281 e. The normalized spacial score (nSPS) is 12.2. The monoisotopic (exact) mass is 180 g/mol. The van der Waals surface area contributed by atoms with E-state index in [4.69, 9.17) is 23.2 Å². The summed E-state index contributed by atoms with van der Waals surface area (Å²) < 4.78 is 0. The zero-order chi connectivity index (χ0) is 8.15. The average molecular weight is 181 g/mol. The minimum absolute atomic E-state index is 0.0760. The second kappa shape index (κ2) is 4.47. The number of carbonyl (C=O) groups excluding carboxylic acids is 2.